The molecule has 2 N–H and O–H groups in total. The molecule has 1 fully saturated rings. The first-order valence-electron chi connectivity index (χ1n) is 5.53. The summed E-state index contributed by atoms with van der Waals surface area (Å²) in [5, 5.41) is 0.599. The maximum absolute atomic E-state index is 6.12. The van der Waals surface area contributed by atoms with E-state index in [1.165, 1.54) is 0 Å². The molecule has 1 aliphatic rings. The third kappa shape index (κ3) is 3.77. The quantitative estimate of drug-likeness (QED) is 0.745. The van der Waals surface area contributed by atoms with Crippen LogP contribution in [0, 0.1) is 0 Å². The van der Waals surface area contributed by atoms with E-state index in [2.05, 4.69) is 21.8 Å². The number of nitrogens with two attached hydrogens (primary N) is 1. The molecule has 0 spiro atoms. The largest absolute Gasteiger partial charge is 0.400 e. The zero-order chi connectivity index (χ0) is 12.1. The van der Waals surface area contributed by atoms with Crippen LogP contribution in [-0.4, -0.2) is 62.3 Å². The summed E-state index contributed by atoms with van der Waals surface area (Å²) in [7, 11) is 3.86. The number of halogens is 1. The Hall–Kier alpha value is -0.580. The van der Waals surface area contributed by atoms with Crippen LogP contribution >= 0.6 is 11.6 Å². The fraction of sp³-hybridized carbons (Fsp3) is 0.727. The number of allylic oxidation sites excluding steroid dienone is 1. The molecule has 0 aromatic heterocycles. The van der Waals surface area contributed by atoms with Gasteiger partial charge in [-0.3, -0.25) is 9.89 Å². The maximum Gasteiger partial charge on any atom is 0.0813 e. The summed E-state index contributed by atoms with van der Waals surface area (Å²) >= 11 is 6.12. The summed E-state index contributed by atoms with van der Waals surface area (Å²) in [4.78, 5) is 8.67. The summed E-state index contributed by atoms with van der Waals surface area (Å²) in [5.74, 6) is 0. The van der Waals surface area contributed by atoms with Crippen LogP contribution in [0.5, 0.6) is 0 Å². The fourth-order valence-corrected chi connectivity index (χ4v) is 1.79. The third-order valence-corrected chi connectivity index (χ3v) is 3.44. The number of hydrogen-bond donors (Lipinski definition) is 1. The average Bonchev–Trinajstić information content (AvgIpc) is 2.30. The second-order valence-electron chi connectivity index (χ2n) is 4.23. The molecule has 0 amide bonds. The molecule has 0 saturated carbocycles. The molecular weight excluding hydrogens is 224 g/mol. The first-order chi connectivity index (χ1) is 7.54. The van der Waals surface area contributed by atoms with Gasteiger partial charge in [-0.05, 0) is 14.0 Å². The van der Waals surface area contributed by atoms with Crippen LogP contribution in [0.25, 0.3) is 0 Å². The van der Waals surface area contributed by atoms with Gasteiger partial charge >= 0.3 is 0 Å². The maximum atomic E-state index is 6.12. The van der Waals surface area contributed by atoms with Crippen molar-refractivity contribution < 1.29 is 0 Å². The third-order valence-electron chi connectivity index (χ3n) is 2.92. The number of likely N-dealkylation sites (N-methyl/N-ethyl adjacent to an activating group) is 1. The van der Waals surface area contributed by atoms with E-state index in [1.54, 1.807) is 7.05 Å². The fourth-order valence-electron chi connectivity index (χ4n) is 1.65. The van der Waals surface area contributed by atoms with Gasteiger partial charge in [0.1, 0.15) is 0 Å². The van der Waals surface area contributed by atoms with E-state index in [1.807, 2.05) is 6.92 Å². The van der Waals surface area contributed by atoms with Gasteiger partial charge in [0, 0.05) is 45.5 Å². The minimum Gasteiger partial charge on any atom is -0.400 e. The standard InChI is InChI=1S/C11H21ClN4/c1-9(14-2)11(12)10(13)8-16-6-4-15(3)5-7-16/h4-8,13H2,1-3H3. The lowest BCUT2D eigenvalue weighted by Crippen LogP contribution is -2.45. The summed E-state index contributed by atoms with van der Waals surface area (Å²) in [6.07, 6.45) is 0. The van der Waals surface area contributed by atoms with Gasteiger partial charge < -0.3 is 10.6 Å². The Kier molecular flexibility index (Phi) is 5.25. The zero-order valence-electron chi connectivity index (χ0n) is 10.3. The lowest BCUT2D eigenvalue weighted by molar-refractivity contribution is 0.163. The van der Waals surface area contributed by atoms with Gasteiger partial charge in [0.05, 0.1) is 10.7 Å². The van der Waals surface area contributed by atoms with Crippen LogP contribution in [0.1, 0.15) is 6.92 Å². The van der Waals surface area contributed by atoms with Crippen molar-refractivity contribution in [3.63, 3.8) is 0 Å². The molecule has 1 saturated heterocycles. The van der Waals surface area contributed by atoms with Crippen molar-refractivity contribution in [1.29, 1.82) is 0 Å². The highest BCUT2D eigenvalue weighted by Crippen LogP contribution is 2.10. The predicted octanol–water partition coefficient (Wildman–Crippen LogP) is 0.734. The summed E-state index contributed by atoms with van der Waals surface area (Å²) in [6.45, 7) is 6.88. The van der Waals surface area contributed by atoms with Crippen molar-refractivity contribution in [3.05, 3.63) is 10.7 Å². The smallest absolute Gasteiger partial charge is 0.0813 e. The number of aliphatic imine (C=N–C) groups is 1. The van der Waals surface area contributed by atoms with Gasteiger partial charge in [-0.1, -0.05) is 11.6 Å². The summed E-state index contributed by atoms with van der Waals surface area (Å²) < 4.78 is 0. The highest BCUT2D eigenvalue weighted by molar-refractivity contribution is 6.43. The van der Waals surface area contributed by atoms with Crippen LogP contribution in [0.2, 0.25) is 0 Å². The van der Waals surface area contributed by atoms with Crippen molar-refractivity contribution in [2.75, 3.05) is 46.8 Å². The van der Waals surface area contributed by atoms with E-state index in [-0.39, 0.29) is 0 Å². The lowest BCUT2D eigenvalue weighted by Gasteiger charge is -2.32. The van der Waals surface area contributed by atoms with Crippen LogP contribution in [-0.2, 0) is 0 Å². The second-order valence-corrected chi connectivity index (χ2v) is 4.61. The van der Waals surface area contributed by atoms with Crippen molar-refractivity contribution in [3.8, 4) is 0 Å². The number of nitrogens with zero attached hydrogens (tertiary/aromatic N) is 3. The van der Waals surface area contributed by atoms with E-state index in [4.69, 9.17) is 17.3 Å². The second kappa shape index (κ2) is 6.23. The Bertz CT molecular complexity index is 290. The first kappa shape index (κ1) is 13.5. The lowest BCUT2D eigenvalue weighted by atomic mass is 10.2. The molecule has 5 heteroatoms. The molecule has 1 heterocycles. The van der Waals surface area contributed by atoms with Crippen LogP contribution in [0.3, 0.4) is 0 Å². The van der Waals surface area contributed by atoms with E-state index >= 15 is 0 Å². The number of rotatable bonds is 3. The van der Waals surface area contributed by atoms with Gasteiger partial charge in [0.15, 0.2) is 0 Å². The molecule has 16 heavy (non-hydrogen) atoms. The molecule has 1 aliphatic heterocycles. The molecule has 92 valence electrons. The predicted molar refractivity (Wildman–Crippen MR) is 70.0 cm³/mol. The Morgan fingerprint density at radius 2 is 1.88 bits per heavy atom. The average molecular weight is 245 g/mol. The minimum absolute atomic E-state index is 0.599. The monoisotopic (exact) mass is 244 g/mol. The Labute approximate surface area is 103 Å². The van der Waals surface area contributed by atoms with Gasteiger partial charge in [-0.2, -0.15) is 0 Å². The van der Waals surface area contributed by atoms with Crippen molar-refractivity contribution >= 4 is 17.3 Å². The highest BCUT2D eigenvalue weighted by Gasteiger charge is 2.15. The van der Waals surface area contributed by atoms with Crippen molar-refractivity contribution in [1.82, 2.24) is 9.80 Å². The molecule has 0 unspecified atom stereocenters. The summed E-state index contributed by atoms with van der Waals surface area (Å²) in [6, 6.07) is 0. The molecular formula is C11H21ClN4. The van der Waals surface area contributed by atoms with Gasteiger partial charge in [-0.25, -0.2) is 0 Å². The molecule has 0 atom stereocenters. The molecule has 0 aromatic carbocycles. The van der Waals surface area contributed by atoms with E-state index in [9.17, 15) is 0 Å². The van der Waals surface area contributed by atoms with Crippen LogP contribution < -0.4 is 5.73 Å². The van der Waals surface area contributed by atoms with Crippen molar-refractivity contribution in [2.45, 2.75) is 6.92 Å². The van der Waals surface area contributed by atoms with E-state index < -0.39 is 0 Å². The van der Waals surface area contributed by atoms with Gasteiger partial charge in [0.2, 0.25) is 0 Å². The molecule has 0 radical (unpaired) electrons. The first-order valence-corrected chi connectivity index (χ1v) is 5.91. The van der Waals surface area contributed by atoms with E-state index in [0.29, 0.717) is 10.7 Å². The normalized spacial score (nSPS) is 22.1. The summed E-state index contributed by atoms with van der Waals surface area (Å²) in [5.41, 5.74) is 7.49. The van der Waals surface area contributed by atoms with Crippen LogP contribution in [0.4, 0.5) is 0 Å². The number of piperazine rings is 1. The topological polar surface area (TPSA) is 44.9 Å². The Morgan fingerprint density at radius 1 is 1.31 bits per heavy atom. The van der Waals surface area contributed by atoms with E-state index in [0.717, 1.165) is 38.4 Å². The van der Waals surface area contributed by atoms with Crippen molar-refractivity contribution in [2.24, 2.45) is 10.7 Å². The minimum atomic E-state index is 0.599. The Balaban J connectivity index is 2.54. The SMILES string of the molecule is CN=C(C)C(Cl)=C(N)CN1CCN(C)CC1. The Morgan fingerprint density at radius 3 is 2.38 bits per heavy atom. The molecule has 0 bridgehead atoms. The zero-order valence-corrected chi connectivity index (χ0v) is 11.1. The van der Waals surface area contributed by atoms with Crippen LogP contribution in [0.15, 0.2) is 15.7 Å². The number of hydrogen-bond acceptors (Lipinski definition) is 4. The molecule has 0 aromatic rings. The van der Waals surface area contributed by atoms with Gasteiger partial charge in [0.25, 0.3) is 0 Å². The highest BCUT2D eigenvalue weighted by atomic mass is 35.5. The molecule has 0 aliphatic carbocycles. The molecule has 1 rings (SSSR count). The molecule has 4 nitrogen and oxygen atoms in total. The van der Waals surface area contributed by atoms with Gasteiger partial charge in [-0.15, -0.1) is 0 Å².